The van der Waals surface area contributed by atoms with Crippen molar-refractivity contribution in [1.82, 2.24) is 0 Å². The molecule has 0 spiro atoms. The van der Waals surface area contributed by atoms with Crippen molar-refractivity contribution in [3.8, 4) is 0 Å². The fraction of sp³-hybridized carbons (Fsp3) is 0.821. The summed E-state index contributed by atoms with van der Waals surface area (Å²) in [6.45, 7) is 13.4. The van der Waals surface area contributed by atoms with E-state index in [4.69, 9.17) is 0 Å². The smallest absolute Gasteiger partial charge is 0.306 e. The van der Waals surface area contributed by atoms with Gasteiger partial charge in [0.2, 0.25) is 0 Å². The summed E-state index contributed by atoms with van der Waals surface area (Å²) in [5, 5.41) is 20.4. The van der Waals surface area contributed by atoms with Crippen LogP contribution in [-0.4, -0.2) is 22.3 Å². The van der Waals surface area contributed by atoms with Crippen molar-refractivity contribution < 1.29 is 15.0 Å². The Labute approximate surface area is 189 Å². The lowest BCUT2D eigenvalue weighted by atomic mass is 9.47. The fourth-order valence-electron chi connectivity index (χ4n) is 8.32. The number of rotatable bonds is 6. The van der Waals surface area contributed by atoms with Gasteiger partial charge in [0.1, 0.15) is 0 Å². The van der Waals surface area contributed by atoms with Crippen LogP contribution in [0.25, 0.3) is 0 Å². The zero-order chi connectivity index (χ0) is 22.6. The van der Waals surface area contributed by atoms with E-state index >= 15 is 0 Å². The topological polar surface area (TPSA) is 57.5 Å². The van der Waals surface area contributed by atoms with E-state index in [2.05, 4.69) is 40.3 Å². The standard InChI is InChI=1S/C28H44O3/c1-17(2)18(3)6-8-22(26(30)31)24-11-10-23-21-9-7-19-16-20(29)12-14-27(19,4)25(21)13-15-28(23,24)5/h9,17,19-20,22-25,29H,3,6-8,10-16H2,1-2,4-5H3,(H,30,31)/t19-,20-,22+,23-,24+,25-,27-,28-/m0/s1. The number of hydrogen-bond acceptors (Lipinski definition) is 2. The van der Waals surface area contributed by atoms with E-state index in [1.807, 2.05) is 0 Å². The van der Waals surface area contributed by atoms with Gasteiger partial charge >= 0.3 is 5.97 Å². The lowest BCUT2D eigenvalue weighted by molar-refractivity contribution is -0.146. The quantitative estimate of drug-likeness (QED) is 0.467. The second kappa shape index (κ2) is 8.36. The Hall–Kier alpha value is -1.09. The van der Waals surface area contributed by atoms with Gasteiger partial charge in [-0.05, 0) is 105 Å². The van der Waals surface area contributed by atoms with Crippen molar-refractivity contribution in [1.29, 1.82) is 0 Å². The molecule has 8 atom stereocenters. The average molecular weight is 429 g/mol. The molecule has 0 aliphatic heterocycles. The lowest BCUT2D eigenvalue weighted by Gasteiger charge is -2.57. The summed E-state index contributed by atoms with van der Waals surface area (Å²) in [7, 11) is 0. The Bertz CT molecular complexity index is 751. The third-order valence-electron chi connectivity index (χ3n) is 10.5. The molecule has 2 N–H and O–H groups in total. The molecule has 3 fully saturated rings. The second-order valence-corrected chi connectivity index (χ2v) is 12.2. The highest BCUT2D eigenvalue weighted by molar-refractivity contribution is 5.70. The molecule has 0 unspecified atom stereocenters. The van der Waals surface area contributed by atoms with E-state index in [1.165, 1.54) is 12.0 Å². The molecule has 3 saturated carbocycles. The average Bonchev–Trinajstić information content (AvgIpc) is 3.05. The summed E-state index contributed by atoms with van der Waals surface area (Å²) >= 11 is 0. The van der Waals surface area contributed by atoms with Gasteiger partial charge in [0.05, 0.1) is 12.0 Å². The minimum absolute atomic E-state index is 0.113. The van der Waals surface area contributed by atoms with Crippen molar-refractivity contribution in [2.75, 3.05) is 0 Å². The molecule has 0 aromatic carbocycles. The van der Waals surface area contributed by atoms with Gasteiger partial charge in [-0.2, -0.15) is 0 Å². The van der Waals surface area contributed by atoms with Crippen LogP contribution >= 0.6 is 0 Å². The SMILES string of the molecule is C=C(CC[C@@H](C(=O)O)[C@H]1CC[C@H]2C3=CC[C@H]4C[C@@H](O)CC[C@]4(C)[C@H]3CC[C@]12C)C(C)C. The molecule has 0 heterocycles. The molecule has 31 heavy (non-hydrogen) atoms. The molecule has 0 bridgehead atoms. The molecule has 0 amide bonds. The number of aliphatic hydroxyl groups is 1. The van der Waals surface area contributed by atoms with Gasteiger partial charge in [0.25, 0.3) is 0 Å². The summed E-state index contributed by atoms with van der Waals surface area (Å²) in [5.74, 6) is 1.65. The molecule has 0 radical (unpaired) electrons. The van der Waals surface area contributed by atoms with Crippen LogP contribution in [-0.2, 0) is 4.79 Å². The highest BCUT2D eigenvalue weighted by Crippen LogP contribution is 2.67. The summed E-state index contributed by atoms with van der Waals surface area (Å²) in [6, 6.07) is 0. The minimum Gasteiger partial charge on any atom is -0.481 e. The van der Waals surface area contributed by atoms with Crippen LogP contribution in [0.3, 0.4) is 0 Å². The van der Waals surface area contributed by atoms with E-state index in [0.29, 0.717) is 29.1 Å². The first-order valence-electron chi connectivity index (χ1n) is 12.9. The summed E-state index contributed by atoms with van der Waals surface area (Å²) in [6.07, 6.45) is 12.7. The molecule has 3 nitrogen and oxygen atoms in total. The highest BCUT2D eigenvalue weighted by atomic mass is 16.4. The number of carboxylic acid groups (broad SMARTS) is 1. The van der Waals surface area contributed by atoms with Crippen LogP contribution in [0.4, 0.5) is 0 Å². The fourth-order valence-corrected chi connectivity index (χ4v) is 8.32. The van der Waals surface area contributed by atoms with Gasteiger partial charge in [-0.1, -0.05) is 51.5 Å². The first kappa shape index (κ1) is 23.1. The maximum absolute atomic E-state index is 12.4. The molecule has 4 rings (SSSR count). The molecule has 3 heteroatoms. The predicted molar refractivity (Wildman–Crippen MR) is 126 cm³/mol. The molecule has 4 aliphatic carbocycles. The molecule has 0 aromatic heterocycles. The zero-order valence-corrected chi connectivity index (χ0v) is 20.2. The van der Waals surface area contributed by atoms with E-state index in [1.54, 1.807) is 5.57 Å². The number of aliphatic carboxylic acids is 1. The number of hydrogen-bond donors (Lipinski definition) is 2. The van der Waals surface area contributed by atoms with Crippen LogP contribution in [0.15, 0.2) is 23.8 Å². The largest absolute Gasteiger partial charge is 0.481 e. The van der Waals surface area contributed by atoms with Crippen LogP contribution < -0.4 is 0 Å². The zero-order valence-electron chi connectivity index (χ0n) is 20.2. The van der Waals surface area contributed by atoms with Crippen LogP contribution in [0.2, 0.25) is 0 Å². The molecular weight excluding hydrogens is 384 g/mol. The monoisotopic (exact) mass is 428 g/mol. The highest BCUT2D eigenvalue weighted by Gasteiger charge is 2.59. The van der Waals surface area contributed by atoms with Crippen molar-refractivity contribution in [3.63, 3.8) is 0 Å². The van der Waals surface area contributed by atoms with Crippen molar-refractivity contribution in [3.05, 3.63) is 23.8 Å². The van der Waals surface area contributed by atoms with Gasteiger partial charge in [-0.3, -0.25) is 4.79 Å². The van der Waals surface area contributed by atoms with Gasteiger partial charge in [-0.15, -0.1) is 0 Å². The maximum Gasteiger partial charge on any atom is 0.306 e. The third-order valence-corrected chi connectivity index (χ3v) is 10.5. The van der Waals surface area contributed by atoms with Crippen molar-refractivity contribution in [2.45, 2.75) is 98.0 Å². The lowest BCUT2D eigenvalue weighted by Crippen LogP contribution is -2.50. The van der Waals surface area contributed by atoms with Crippen LogP contribution in [0.1, 0.15) is 91.9 Å². The normalized spacial score (nSPS) is 42.9. The van der Waals surface area contributed by atoms with Gasteiger partial charge in [0.15, 0.2) is 0 Å². The first-order valence-corrected chi connectivity index (χ1v) is 12.9. The van der Waals surface area contributed by atoms with Crippen LogP contribution in [0, 0.1) is 46.3 Å². The molecular formula is C28H44O3. The van der Waals surface area contributed by atoms with Gasteiger partial charge in [0, 0.05) is 0 Å². The van der Waals surface area contributed by atoms with Crippen LogP contribution in [0.5, 0.6) is 0 Å². The Morgan fingerprint density at radius 2 is 1.81 bits per heavy atom. The second-order valence-electron chi connectivity index (χ2n) is 12.2. The van der Waals surface area contributed by atoms with Crippen molar-refractivity contribution in [2.24, 2.45) is 46.3 Å². The number of aliphatic hydroxyl groups excluding tert-OH is 1. The van der Waals surface area contributed by atoms with Gasteiger partial charge in [-0.25, -0.2) is 0 Å². The molecule has 0 aromatic rings. The molecule has 174 valence electrons. The Kier molecular flexibility index (Phi) is 6.22. The van der Waals surface area contributed by atoms with Crippen molar-refractivity contribution >= 4 is 5.97 Å². The van der Waals surface area contributed by atoms with E-state index in [-0.39, 0.29) is 23.4 Å². The number of carbonyl (C=O) groups is 1. The molecule has 4 aliphatic rings. The Morgan fingerprint density at radius 1 is 1.13 bits per heavy atom. The third kappa shape index (κ3) is 3.83. The Balaban J connectivity index is 1.56. The first-order chi connectivity index (χ1) is 14.6. The van der Waals surface area contributed by atoms with E-state index < -0.39 is 5.97 Å². The van der Waals surface area contributed by atoms with E-state index in [9.17, 15) is 15.0 Å². The van der Waals surface area contributed by atoms with E-state index in [0.717, 1.165) is 57.8 Å². The number of fused-ring (bicyclic) bond motifs is 5. The maximum atomic E-state index is 12.4. The molecule has 0 saturated heterocycles. The summed E-state index contributed by atoms with van der Waals surface area (Å²) in [5.41, 5.74) is 3.29. The summed E-state index contributed by atoms with van der Waals surface area (Å²) in [4.78, 5) is 12.4. The predicted octanol–water partition coefficient (Wildman–Crippen LogP) is 6.62. The minimum atomic E-state index is -0.600. The van der Waals surface area contributed by atoms with Gasteiger partial charge < -0.3 is 10.2 Å². The number of allylic oxidation sites excluding steroid dienone is 3. The summed E-state index contributed by atoms with van der Waals surface area (Å²) < 4.78 is 0. The Morgan fingerprint density at radius 3 is 2.48 bits per heavy atom. The number of carboxylic acids is 1.